The van der Waals surface area contributed by atoms with E-state index >= 15 is 0 Å². The number of Topliss-reactive ketones (excluding diaryl/α,β-unsaturated/α-hetero) is 1. The number of rotatable bonds is 8. The van der Waals surface area contributed by atoms with Crippen molar-refractivity contribution in [1.29, 1.82) is 0 Å². The monoisotopic (exact) mass is 263 g/mol. The van der Waals surface area contributed by atoms with Crippen molar-refractivity contribution in [3.8, 4) is 0 Å². The van der Waals surface area contributed by atoms with Crippen LogP contribution in [0, 0.1) is 0 Å². The van der Waals surface area contributed by atoms with Crippen molar-refractivity contribution in [3.63, 3.8) is 0 Å². The molecule has 0 heterocycles. The largest absolute Gasteiger partial charge is 0.545 e. The Morgan fingerprint density at radius 3 is 2.58 bits per heavy atom. The van der Waals surface area contributed by atoms with Crippen LogP contribution in [0.5, 0.6) is 0 Å². The van der Waals surface area contributed by atoms with Gasteiger partial charge in [-0.05, 0) is 18.1 Å². The molecule has 1 aromatic rings. The summed E-state index contributed by atoms with van der Waals surface area (Å²) in [6.45, 7) is 2.26. The average Bonchev–Trinajstić information content (AvgIpc) is 2.39. The quantitative estimate of drug-likeness (QED) is 0.531. The molecular weight excluding hydrogens is 244 g/mol. The van der Waals surface area contributed by atoms with Crippen LogP contribution in [0.25, 0.3) is 0 Å². The number of carboxylic acid groups (broad SMARTS) is 1. The Hall–Kier alpha value is -1.68. The fraction of sp³-hybridized carbons (Fsp3) is 0.467. The molecule has 0 aliphatic carbocycles. The molecule has 0 bridgehead atoms. The summed E-state index contributed by atoms with van der Waals surface area (Å²) in [4.78, 5) is 23.0. The summed E-state index contributed by atoms with van der Waals surface area (Å²) in [6, 6.07) is 4.65. The normalized spacial score (nSPS) is 10.4. The van der Waals surface area contributed by atoms with Gasteiger partial charge in [0, 0.05) is 24.7 Å². The summed E-state index contributed by atoms with van der Waals surface area (Å²) in [5, 5.41) is 11.1. The molecule has 0 amide bonds. The second kappa shape index (κ2) is 7.69. The Kier molecular flexibility index (Phi) is 6.22. The number of aromatic carboxylic acids is 1. The van der Waals surface area contributed by atoms with Crippen molar-refractivity contribution >= 4 is 11.8 Å². The summed E-state index contributed by atoms with van der Waals surface area (Å²) < 4.78 is 4.92. The number of ether oxygens (including phenoxy) is 1. The lowest BCUT2D eigenvalue weighted by atomic mass is 9.99. The summed E-state index contributed by atoms with van der Waals surface area (Å²) >= 11 is 0. The molecule has 0 atom stereocenters. The zero-order valence-corrected chi connectivity index (χ0v) is 11.4. The highest BCUT2D eigenvalue weighted by Gasteiger charge is 2.10. The van der Waals surface area contributed by atoms with Crippen LogP contribution in [0.2, 0.25) is 0 Å². The van der Waals surface area contributed by atoms with Crippen LogP contribution in [0.1, 0.15) is 58.9 Å². The Balaban J connectivity index is 2.88. The van der Waals surface area contributed by atoms with Crippen LogP contribution >= 0.6 is 0 Å². The van der Waals surface area contributed by atoms with Crippen molar-refractivity contribution in [2.75, 3.05) is 7.11 Å². The van der Waals surface area contributed by atoms with Gasteiger partial charge in [-0.25, -0.2) is 0 Å². The first kappa shape index (κ1) is 15.4. The van der Waals surface area contributed by atoms with Gasteiger partial charge in [0.2, 0.25) is 0 Å². The van der Waals surface area contributed by atoms with Gasteiger partial charge < -0.3 is 14.6 Å². The third-order valence-electron chi connectivity index (χ3n) is 2.96. The molecule has 1 aromatic carbocycles. The van der Waals surface area contributed by atoms with E-state index in [-0.39, 0.29) is 18.0 Å². The standard InChI is InChI=1S/C15H20O4/c1-3-4-5-6-14(16)11-7-8-12(10-19-2)13(9-11)15(17)18/h7-9H,3-6,10H2,1-2H3,(H,17,18)/p-1. The van der Waals surface area contributed by atoms with Crippen LogP contribution in [-0.4, -0.2) is 18.9 Å². The molecule has 19 heavy (non-hydrogen) atoms. The Morgan fingerprint density at radius 1 is 1.26 bits per heavy atom. The van der Waals surface area contributed by atoms with Crippen molar-refractivity contribution in [1.82, 2.24) is 0 Å². The van der Waals surface area contributed by atoms with Gasteiger partial charge in [0.05, 0.1) is 12.6 Å². The summed E-state index contributed by atoms with van der Waals surface area (Å²) in [5.41, 5.74) is 0.978. The first-order valence-electron chi connectivity index (χ1n) is 6.46. The SMILES string of the molecule is CCCCCC(=O)c1ccc(COC)c(C(=O)[O-])c1. The number of ketones is 1. The van der Waals surface area contributed by atoms with E-state index < -0.39 is 5.97 Å². The van der Waals surface area contributed by atoms with Crippen molar-refractivity contribution in [2.24, 2.45) is 0 Å². The lowest BCUT2D eigenvalue weighted by molar-refractivity contribution is -0.255. The molecule has 0 aromatic heterocycles. The van der Waals surface area contributed by atoms with Crippen molar-refractivity contribution in [3.05, 3.63) is 34.9 Å². The minimum atomic E-state index is -1.28. The molecule has 0 aliphatic rings. The van der Waals surface area contributed by atoms with E-state index in [0.717, 1.165) is 19.3 Å². The number of benzene rings is 1. The number of hydrogen-bond acceptors (Lipinski definition) is 4. The van der Waals surface area contributed by atoms with E-state index in [4.69, 9.17) is 4.74 Å². The topological polar surface area (TPSA) is 66.4 Å². The molecule has 0 spiro atoms. The summed E-state index contributed by atoms with van der Waals surface area (Å²) in [6.07, 6.45) is 3.32. The van der Waals surface area contributed by atoms with Gasteiger partial charge in [0.25, 0.3) is 0 Å². The fourth-order valence-electron chi connectivity index (χ4n) is 1.90. The van der Waals surface area contributed by atoms with Gasteiger partial charge in [0.1, 0.15) is 0 Å². The van der Waals surface area contributed by atoms with Gasteiger partial charge in [-0.3, -0.25) is 4.79 Å². The molecule has 0 fully saturated rings. The molecule has 4 nitrogen and oxygen atoms in total. The maximum atomic E-state index is 11.9. The zero-order chi connectivity index (χ0) is 14.3. The number of carboxylic acids is 1. The van der Waals surface area contributed by atoms with Crippen LogP contribution in [0.15, 0.2) is 18.2 Å². The van der Waals surface area contributed by atoms with E-state index in [2.05, 4.69) is 6.92 Å². The minimum absolute atomic E-state index is 0.0279. The van der Waals surface area contributed by atoms with E-state index in [9.17, 15) is 14.7 Å². The first-order chi connectivity index (χ1) is 9.10. The maximum Gasteiger partial charge on any atom is 0.162 e. The molecule has 104 valence electrons. The van der Waals surface area contributed by atoms with E-state index in [1.165, 1.54) is 13.2 Å². The minimum Gasteiger partial charge on any atom is -0.545 e. The molecule has 4 heteroatoms. The van der Waals surface area contributed by atoms with Gasteiger partial charge in [-0.15, -0.1) is 0 Å². The van der Waals surface area contributed by atoms with Crippen LogP contribution < -0.4 is 5.11 Å². The highest BCUT2D eigenvalue weighted by Crippen LogP contribution is 2.15. The predicted molar refractivity (Wildman–Crippen MR) is 70.0 cm³/mol. The fourth-order valence-corrected chi connectivity index (χ4v) is 1.90. The number of carbonyl (C=O) groups is 2. The number of carbonyl (C=O) groups excluding carboxylic acids is 2. The molecule has 0 saturated heterocycles. The predicted octanol–water partition coefficient (Wildman–Crippen LogP) is 1.96. The second-order valence-electron chi connectivity index (χ2n) is 4.47. The van der Waals surface area contributed by atoms with Gasteiger partial charge in [0.15, 0.2) is 5.78 Å². The van der Waals surface area contributed by atoms with E-state index in [0.29, 0.717) is 17.5 Å². The lowest BCUT2D eigenvalue weighted by Gasteiger charge is -2.11. The summed E-state index contributed by atoms with van der Waals surface area (Å²) in [7, 11) is 1.49. The number of hydrogen-bond donors (Lipinski definition) is 0. The lowest BCUT2D eigenvalue weighted by Crippen LogP contribution is -2.24. The molecule has 0 aliphatic heterocycles. The third kappa shape index (κ3) is 4.48. The van der Waals surface area contributed by atoms with Gasteiger partial charge >= 0.3 is 0 Å². The number of unbranched alkanes of at least 4 members (excludes halogenated alkanes) is 2. The highest BCUT2D eigenvalue weighted by atomic mass is 16.5. The van der Waals surface area contributed by atoms with Gasteiger partial charge in [-0.1, -0.05) is 31.9 Å². The van der Waals surface area contributed by atoms with Crippen molar-refractivity contribution < 1.29 is 19.4 Å². The van der Waals surface area contributed by atoms with E-state index in [1.54, 1.807) is 12.1 Å². The Morgan fingerprint density at radius 2 is 2.00 bits per heavy atom. The smallest absolute Gasteiger partial charge is 0.162 e. The Bertz CT molecular complexity index is 451. The average molecular weight is 263 g/mol. The van der Waals surface area contributed by atoms with Crippen molar-refractivity contribution in [2.45, 2.75) is 39.2 Å². The van der Waals surface area contributed by atoms with Crippen LogP contribution in [-0.2, 0) is 11.3 Å². The molecule has 0 unspecified atom stereocenters. The molecule has 0 saturated carbocycles. The first-order valence-corrected chi connectivity index (χ1v) is 6.46. The maximum absolute atomic E-state index is 11.9. The molecule has 1 rings (SSSR count). The molecule has 0 N–H and O–H groups in total. The highest BCUT2D eigenvalue weighted by molar-refractivity contribution is 5.99. The van der Waals surface area contributed by atoms with Gasteiger partial charge in [-0.2, -0.15) is 0 Å². The van der Waals surface area contributed by atoms with Crippen LogP contribution in [0.3, 0.4) is 0 Å². The molecule has 0 radical (unpaired) electrons. The second-order valence-corrected chi connectivity index (χ2v) is 4.47. The Labute approximate surface area is 113 Å². The van der Waals surface area contributed by atoms with E-state index in [1.807, 2.05) is 0 Å². The third-order valence-corrected chi connectivity index (χ3v) is 2.96. The zero-order valence-electron chi connectivity index (χ0n) is 11.4. The number of methoxy groups -OCH3 is 1. The summed E-state index contributed by atoms with van der Waals surface area (Å²) in [5.74, 6) is -1.31. The van der Waals surface area contributed by atoms with Crippen LogP contribution in [0.4, 0.5) is 0 Å². The molecular formula is C15H19O4-.